The van der Waals surface area contributed by atoms with E-state index in [0.717, 1.165) is 18.7 Å². The topological polar surface area (TPSA) is 21.3 Å². The van der Waals surface area contributed by atoms with Gasteiger partial charge in [0, 0.05) is 6.04 Å². The van der Waals surface area contributed by atoms with Gasteiger partial charge in [0.05, 0.1) is 7.11 Å². The number of methoxy groups -OCH3 is 1. The molecule has 1 aliphatic carbocycles. The summed E-state index contributed by atoms with van der Waals surface area (Å²) in [6.45, 7) is 5.84. The van der Waals surface area contributed by atoms with Gasteiger partial charge < -0.3 is 10.1 Å². The van der Waals surface area contributed by atoms with Crippen molar-refractivity contribution in [2.75, 3.05) is 13.7 Å². The molecule has 0 amide bonds. The van der Waals surface area contributed by atoms with E-state index in [9.17, 15) is 0 Å². The van der Waals surface area contributed by atoms with Crippen molar-refractivity contribution in [2.24, 2.45) is 5.41 Å². The Morgan fingerprint density at radius 3 is 2.40 bits per heavy atom. The molecule has 0 radical (unpaired) electrons. The van der Waals surface area contributed by atoms with Crippen LogP contribution in [-0.4, -0.2) is 19.7 Å². The number of benzene rings is 1. The largest absolute Gasteiger partial charge is 0.497 e. The summed E-state index contributed by atoms with van der Waals surface area (Å²) < 4.78 is 5.24. The molecule has 1 aromatic rings. The molecule has 0 heterocycles. The fraction of sp³-hybridized carbons (Fsp3) is 0.667. The van der Waals surface area contributed by atoms with Gasteiger partial charge in [-0.25, -0.2) is 0 Å². The smallest absolute Gasteiger partial charge is 0.118 e. The Morgan fingerprint density at radius 2 is 1.85 bits per heavy atom. The highest BCUT2D eigenvalue weighted by molar-refractivity contribution is 5.28. The monoisotopic (exact) mass is 275 g/mol. The molecule has 1 atom stereocenters. The second-order valence-electron chi connectivity index (χ2n) is 6.42. The van der Waals surface area contributed by atoms with Gasteiger partial charge in [0.2, 0.25) is 0 Å². The summed E-state index contributed by atoms with van der Waals surface area (Å²) in [5.74, 6) is 0.943. The van der Waals surface area contributed by atoms with E-state index in [2.05, 4.69) is 43.4 Å². The third-order valence-corrected chi connectivity index (χ3v) is 4.83. The normalized spacial score (nSPS) is 18.9. The minimum absolute atomic E-state index is 0.467. The first kappa shape index (κ1) is 15.4. The van der Waals surface area contributed by atoms with Crippen molar-refractivity contribution in [3.63, 3.8) is 0 Å². The van der Waals surface area contributed by atoms with Gasteiger partial charge in [-0.2, -0.15) is 0 Å². The number of rotatable bonds is 7. The van der Waals surface area contributed by atoms with Crippen LogP contribution in [0.3, 0.4) is 0 Å². The highest BCUT2D eigenvalue weighted by atomic mass is 16.5. The van der Waals surface area contributed by atoms with E-state index >= 15 is 0 Å². The zero-order chi connectivity index (χ0) is 14.4. The number of ether oxygens (including phenoxy) is 1. The fourth-order valence-corrected chi connectivity index (χ4v) is 3.41. The van der Waals surface area contributed by atoms with Crippen molar-refractivity contribution in [1.82, 2.24) is 5.32 Å². The predicted molar refractivity (Wildman–Crippen MR) is 85.4 cm³/mol. The van der Waals surface area contributed by atoms with Gasteiger partial charge in [-0.1, -0.05) is 38.8 Å². The SMILES string of the molecule is CCCNC(Cc1ccc(OC)cc1)C1(C)CCCC1. The predicted octanol–water partition coefficient (Wildman–Crippen LogP) is 4.19. The molecule has 1 aromatic carbocycles. The van der Waals surface area contributed by atoms with E-state index in [0.29, 0.717) is 11.5 Å². The first-order valence-electron chi connectivity index (χ1n) is 8.04. The van der Waals surface area contributed by atoms with Crippen LogP contribution in [0.4, 0.5) is 0 Å². The second-order valence-corrected chi connectivity index (χ2v) is 6.42. The Morgan fingerprint density at radius 1 is 1.20 bits per heavy atom. The van der Waals surface area contributed by atoms with Crippen LogP contribution in [0, 0.1) is 5.41 Å². The maximum Gasteiger partial charge on any atom is 0.118 e. The minimum Gasteiger partial charge on any atom is -0.497 e. The lowest BCUT2D eigenvalue weighted by atomic mass is 9.77. The Balaban J connectivity index is 2.05. The van der Waals surface area contributed by atoms with Gasteiger partial charge in [0.25, 0.3) is 0 Å². The lowest BCUT2D eigenvalue weighted by Gasteiger charge is -2.35. The average molecular weight is 275 g/mol. The van der Waals surface area contributed by atoms with Crippen LogP contribution < -0.4 is 10.1 Å². The molecule has 1 fully saturated rings. The van der Waals surface area contributed by atoms with Gasteiger partial charge in [-0.05, 0) is 55.3 Å². The van der Waals surface area contributed by atoms with Crippen molar-refractivity contribution in [2.45, 2.75) is 58.4 Å². The molecular formula is C18H29NO. The second kappa shape index (κ2) is 7.12. The molecule has 1 N–H and O–H groups in total. The molecule has 1 saturated carbocycles. The van der Waals surface area contributed by atoms with E-state index in [4.69, 9.17) is 4.74 Å². The Bertz CT molecular complexity index is 392. The van der Waals surface area contributed by atoms with Crippen molar-refractivity contribution in [3.05, 3.63) is 29.8 Å². The minimum atomic E-state index is 0.467. The van der Waals surface area contributed by atoms with Crippen LogP contribution in [-0.2, 0) is 6.42 Å². The summed E-state index contributed by atoms with van der Waals surface area (Å²) in [5.41, 5.74) is 1.88. The zero-order valence-electron chi connectivity index (χ0n) is 13.2. The molecular weight excluding hydrogens is 246 g/mol. The molecule has 0 spiro atoms. The highest BCUT2D eigenvalue weighted by Crippen LogP contribution is 2.41. The molecule has 2 heteroatoms. The van der Waals surface area contributed by atoms with Crippen molar-refractivity contribution < 1.29 is 4.74 Å². The third kappa shape index (κ3) is 3.76. The summed E-state index contributed by atoms with van der Waals surface area (Å²) in [6.07, 6.45) is 7.84. The Labute approximate surface area is 123 Å². The van der Waals surface area contributed by atoms with Crippen molar-refractivity contribution in [1.29, 1.82) is 0 Å². The zero-order valence-corrected chi connectivity index (χ0v) is 13.2. The van der Waals surface area contributed by atoms with E-state index in [-0.39, 0.29) is 0 Å². The molecule has 0 saturated heterocycles. The molecule has 0 aliphatic heterocycles. The third-order valence-electron chi connectivity index (χ3n) is 4.83. The van der Waals surface area contributed by atoms with Gasteiger partial charge in [0.1, 0.15) is 5.75 Å². The highest BCUT2D eigenvalue weighted by Gasteiger charge is 2.36. The molecule has 0 bridgehead atoms. The summed E-state index contributed by atoms with van der Waals surface area (Å²) >= 11 is 0. The van der Waals surface area contributed by atoms with Crippen LogP contribution in [0.25, 0.3) is 0 Å². The van der Waals surface area contributed by atoms with Crippen LogP contribution >= 0.6 is 0 Å². The summed E-state index contributed by atoms with van der Waals surface area (Å²) in [4.78, 5) is 0. The lowest BCUT2D eigenvalue weighted by Crippen LogP contribution is -2.44. The maximum absolute atomic E-state index is 5.24. The standard InChI is InChI=1S/C18H29NO/c1-4-13-19-17(18(2)11-5-6-12-18)14-15-7-9-16(20-3)10-8-15/h7-10,17,19H,4-6,11-14H2,1-3H3. The van der Waals surface area contributed by atoms with Crippen LogP contribution in [0.5, 0.6) is 5.75 Å². The van der Waals surface area contributed by atoms with Gasteiger partial charge in [-0.3, -0.25) is 0 Å². The van der Waals surface area contributed by atoms with E-state index < -0.39 is 0 Å². The number of nitrogens with one attached hydrogen (secondary N) is 1. The van der Waals surface area contributed by atoms with Crippen LogP contribution in [0.1, 0.15) is 51.5 Å². The summed E-state index contributed by atoms with van der Waals surface area (Å²) in [7, 11) is 1.72. The first-order chi connectivity index (χ1) is 9.68. The van der Waals surface area contributed by atoms with Crippen molar-refractivity contribution in [3.8, 4) is 5.75 Å². The molecule has 112 valence electrons. The van der Waals surface area contributed by atoms with Gasteiger partial charge >= 0.3 is 0 Å². The lowest BCUT2D eigenvalue weighted by molar-refractivity contribution is 0.219. The van der Waals surface area contributed by atoms with E-state index in [1.807, 2.05) is 0 Å². The quantitative estimate of drug-likeness (QED) is 0.806. The Kier molecular flexibility index (Phi) is 5.47. The van der Waals surface area contributed by atoms with Crippen molar-refractivity contribution >= 4 is 0 Å². The number of hydrogen-bond donors (Lipinski definition) is 1. The summed E-state index contributed by atoms with van der Waals surface area (Å²) in [5, 5.41) is 3.80. The molecule has 2 nitrogen and oxygen atoms in total. The molecule has 1 unspecified atom stereocenters. The average Bonchev–Trinajstić information content (AvgIpc) is 2.92. The maximum atomic E-state index is 5.24. The number of hydrogen-bond acceptors (Lipinski definition) is 2. The molecule has 2 rings (SSSR count). The summed E-state index contributed by atoms with van der Waals surface area (Å²) in [6, 6.07) is 9.15. The molecule has 0 aromatic heterocycles. The van der Waals surface area contributed by atoms with Gasteiger partial charge in [-0.15, -0.1) is 0 Å². The van der Waals surface area contributed by atoms with E-state index in [1.54, 1.807) is 7.11 Å². The van der Waals surface area contributed by atoms with Crippen LogP contribution in [0.15, 0.2) is 24.3 Å². The molecule has 20 heavy (non-hydrogen) atoms. The first-order valence-corrected chi connectivity index (χ1v) is 8.04. The molecule has 1 aliphatic rings. The fourth-order valence-electron chi connectivity index (χ4n) is 3.41. The van der Waals surface area contributed by atoms with Crippen LogP contribution in [0.2, 0.25) is 0 Å². The van der Waals surface area contributed by atoms with E-state index in [1.165, 1.54) is 37.7 Å². The van der Waals surface area contributed by atoms with Gasteiger partial charge in [0.15, 0.2) is 0 Å². The Hall–Kier alpha value is -1.02.